The van der Waals surface area contributed by atoms with E-state index in [4.69, 9.17) is 14.2 Å². The van der Waals surface area contributed by atoms with E-state index in [9.17, 15) is 13.2 Å². The summed E-state index contributed by atoms with van der Waals surface area (Å²) in [5.41, 5.74) is 2.07. The molecule has 0 aromatic heterocycles. The highest BCUT2D eigenvalue weighted by molar-refractivity contribution is 7.92. The number of hydrogen-bond donors (Lipinski definition) is 1. The van der Waals surface area contributed by atoms with Gasteiger partial charge in [-0.25, -0.2) is 8.42 Å². The SMILES string of the molecule is CCOc1ccc(S(=O)(=O)N(CC(=O)NC(C)c2cc(OC)ccc2OC)c2ccc(C)cc2)cc1. The van der Waals surface area contributed by atoms with E-state index >= 15 is 0 Å². The van der Waals surface area contributed by atoms with E-state index in [1.54, 1.807) is 75.7 Å². The molecule has 0 saturated carbocycles. The second kappa shape index (κ2) is 11.8. The van der Waals surface area contributed by atoms with E-state index in [2.05, 4.69) is 5.32 Å². The third kappa shape index (κ3) is 6.28. The molecular weight excluding hydrogens is 480 g/mol. The summed E-state index contributed by atoms with van der Waals surface area (Å²) in [6.45, 7) is 5.62. The summed E-state index contributed by atoms with van der Waals surface area (Å²) in [4.78, 5) is 13.2. The molecule has 1 amide bonds. The Balaban J connectivity index is 1.89. The van der Waals surface area contributed by atoms with Crippen molar-refractivity contribution in [2.45, 2.75) is 31.7 Å². The van der Waals surface area contributed by atoms with Gasteiger partial charge in [0.05, 0.1) is 37.5 Å². The Morgan fingerprint density at radius 1 is 0.944 bits per heavy atom. The van der Waals surface area contributed by atoms with Crippen LogP contribution >= 0.6 is 0 Å². The first kappa shape index (κ1) is 26.9. The molecule has 1 unspecified atom stereocenters. The number of aryl methyl sites for hydroxylation is 1. The molecule has 8 nitrogen and oxygen atoms in total. The van der Waals surface area contributed by atoms with Crippen molar-refractivity contribution in [3.05, 3.63) is 77.9 Å². The maximum Gasteiger partial charge on any atom is 0.264 e. The molecule has 3 aromatic rings. The number of nitrogens with zero attached hydrogens (tertiary/aromatic N) is 1. The molecule has 1 N–H and O–H groups in total. The molecule has 36 heavy (non-hydrogen) atoms. The van der Waals surface area contributed by atoms with Gasteiger partial charge in [-0.15, -0.1) is 0 Å². The van der Waals surface area contributed by atoms with E-state index in [0.717, 1.165) is 9.87 Å². The molecule has 0 bridgehead atoms. The first-order chi connectivity index (χ1) is 17.2. The molecule has 192 valence electrons. The van der Waals surface area contributed by atoms with Gasteiger partial charge in [-0.1, -0.05) is 17.7 Å². The second-order valence-electron chi connectivity index (χ2n) is 8.15. The van der Waals surface area contributed by atoms with E-state index < -0.39 is 28.5 Å². The van der Waals surface area contributed by atoms with E-state index in [0.29, 0.717) is 35.1 Å². The van der Waals surface area contributed by atoms with Gasteiger partial charge in [0.15, 0.2) is 0 Å². The summed E-state index contributed by atoms with van der Waals surface area (Å²) in [6.07, 6.45) is 0. The summed E-state index contributed by atoms with van der Waals surface area (Å²) >= 11 is 0. The highest BCUT2D eigenvalue weighted by atomic mass is 32.2. The van der Waals surface area contributed by atoms with E-state index in [-0.39, 0.29) is 4.90 Å². The van der Waals surface area contributed by atoms with Crippen molar-refractivity contribution < 1.29 is 27.4 Å². The van der Waals surface area contributed by atoms with Gasteiger partial charge in [-0.05, 0) is 75.4 Å². The van der Waals surface area contributed by atoms with Crippen LogP contribution in [0.15, 0.2) is 71.6 Å². The highest BCUT2D eigenvalue weighted by Crippen LogP contribution is 2.30. The minimum absolute atomic E-state index is 0.0573. The van der Waals surface area contributed by atoms with Crippen LogP contribution in [0, 0.1) is 6.92 Å². The highest BCUT2D eigenvalue weighted by Gasteiger charge is 2.28. The molecule has 1 atom stereocenters. The molecule has 3 rings (SSSR count). The second-order valence-corrected chi connectivity index (χ2v) is 10.0. The van der Waals surface area contributed by atoms with Crippen LogP contribution in [0.3, 0.4) is 0 Å². The summed E-state index contributed by atoms with van der Waals surface area (Å²) in [5, 5.41) is 2.88. The third-order valence-electron chi connectivity index (χ3n) is 5.61. The molecule has 0 aliphatic rings. The number of hydrogen-bond acceptors (Lipinski definition) is 6. The zero-order valence-electron chi connectivity index (χ0n) is 21.1. The summed E-state index contributed by atoms with van der Waals surface area (Å²) in [5.74, 6) is 1.30. The van der Waals surface area contributed by atoms with Gasteiger partial charge < -0.3 is 19.5 Å². The van der Waals surface area contributed by atoms with Crippen molar-refractivity contribution >= 4 is 21.6 Å². The van der Waals surface area contributed by atoms with Crippen LogP contribution in [-0.2, 0) is 14.8 Å². The molecule has 0 heterocycles. The number of nitrogens with one attached hydrogen (secondary N) is 1. The number of benzene rings is 3. The van der Waals surface area contributed by atoms with Crippen molar-refractivity contribution in [1.82, 2.24) is 5.32 Å². The summed E-state index contributed by atoms with van der Waals surface area (Å²) in [6, 6.07) is 18.0. The topological polar surface area (TPSA) is 94.2 Å². The normalized spacial score (nSPS) is 11.9. The molecule has 3 aromatic carbocycles. The fourth-order valence-electron chi connectivity index (χ4n) is 3.70. The number of anilines is 1. The molecule has 0 radical (unpaired) electrons. The van der Waals surface area contributed by atoms with Gasteiger partial charge in [0.25, 0.3) is 10.0 Å². The van der Waals surface area contributed by atoms with E-state index in [1.165, 1.54) is 12.1 Å². The molecule has 0 aliphatic carbocycles. The summed E-state index contributed by atoms with van der Waals surface area (Å²) in [7, 11) is -0.946. The van der Waals surface area contributed by atoms with Gasteiger partial charge in [0, 0.05) is 5.56 Å². The number of methoxy groups -OCH3 is 2. The quantitative estimate of drug-likeness (QED) is 0.407. The number of amides is 1. The van der Waals surface area contributed by atoms with Gasteiger partial charge in [-0.3, -0.25) is 9.10 Å². The Kier molecular flexibility index (Phi) is 8.82. The van der Waals surface area contributed by atoms with Crippen LogP contribution in [0.25, 0.3) is 0 Å². The fourth-order valence-corrected chi connectivity index (χ4v) is 5.12. The van der Waals surface area contributed by atoms with Crippen LogP contribution in [0.1, 0.15) is 31.0 Å². The number of rotatable bonds is 11. The van der Waals surface area contributed by atoms with Crippen molar-refractivity contribution in [3.63, 3.8) is 0 Å². The number of carbonyl (C=O) groups is 1. The predicted molar refractivity (Wildman–Crippen MR) is 139 cm³/mol. The number of ether oxygens (including phenoxy) is 3. The van der Waals surface area contributed by atoms with Crippen LogP contribution in [0.4, 0.5) is 5.69 Å². The molecule has 0 saturated heterocycles. The molecule has 0 fully saturated rings. The lowest BCUT2D eigenvalue weighted by Crippen LogP contribution is -2.41. The largest absolute Gasteiger partial charge is 0.497 e. The minimum atomic E-state index is -4.05. The Hall–Kier alpha value is -3.72. The van der Waals surface area contributed by atoms with Gasteiger partial charge >= 0.3 is 0 Å². The fraction of sp³-hybridized carbons (Fsp3) is 0.296. The van der Waals surface area contributed by atoms with Gasteiger partial charge in [0.2, 0.25) is 5.91 Å². The lowest BCUT2D eigenvalue weighted by Gasteiger charge is -2.25. The molecule has 0 aliphatic heterocycles. The maximum atomic E-state index is 13.6. The van der Waals surface area contributed by atoms with E-state index in [1.807, 2.05) is 13.8 Å². The molecular formula is C27H32N2O6S. The average molecular weight is 513 g/mol. The summed E-state index contributed by atoms with van der Waals surface area (Å²) < 4.78 is 44.5. The lowest BCUT2D eigenvalue weighted by molar-refractivity contribution is -0.120. The Bertz CT molecular complexity index is 1270. The van der Waals surface area contributed by atoms with Crippen molar-refractivity contribution in [1.29, 1.82) is 0 Å². The smallest absolute Gasteiger partial charge is 0.264 e. The average Bonchev–Trinajstić information content (AvgIpc) is 2.88. The standard InChI is InChI=1S/C27H32N2O6S/c1-6-35-22-11-14-24(15-12-22)36(31,32)29(21-9-7-19(2)8-10-21)18-27(30)28-20(3)25-17-23(33-4)13-16-26(25)34-5/h7-17,20H,6,18H2,1-5H3,(H,28,30). The Morgan fingerprint density at radius 2 is 1.58 bits per heavy atom. The molecule has 9 heteroatoms. The van der Waals surface area contributed by atoms with Crippen LogP contribution in [0.2, 0.25) is 0 Å². The predicted octanol–water partition coefficient (Wildman–Crippen LogP) is 4.48. The first-order valence-corrected chi connectivity index (χ1v) is 13.0. The first-order valence-electron chi connectivity index (χ1n) is 11.5. The maximum absolute atomic E-state index is 13.6. The van der Waals surface area contributed by atoms with Gasteiger partial charge in [0.1, 0.15) is 23.8 Å². The minimum Gasteiger partial charge on any atom is -0.497 e. The Labute approximate surface area is 212 Å². The van der Waals surface area contributed by atoms with Crippen LogP contribution in [0.5, 0.6) is 17.2 Å². The number of carbonyl (C=O) groups excluding carboxylic acids is 1. The number of sulfonamides is 1. The van der Waals surface area contributed by atoms with Gasteiger partial charge in [-0.2, -0.15) is 0 Å². The van der Waals surface area contributed by atoms with Crippen molar-refractivity contribution in [2.75, 3.05) is 31.7 Å². The zero-order chi connectivity index (χ0) is 26.3. The molecule has 0 spiro atoms. The van der Waals surface area contributed by atoms with Crippen LogP contribution < -0.4 is 23.8 Å². The monoisotopic (exact) mass is 512 g/mol. The van der Waals surface area contributed by atoms with Crippen molar-refractivity contribution in [2.24, 2.45) is 0 Å². The third-order valence-corrected chi connectivity index (χ3v) is 7.40. The van der Waals surface area contributed by atoms with Crippen molar-refractivity contribution in [3.8, 4) is 17.2 Å². The zero-order valence-corrected chi connectivity index (χ0v) is 22.0. The lowest BCUT2D eigenvalue weighted by atomic mass is 10.1. The Morgan fingerprint density at radius 3 is 2.17 bits per heavy atom. The van der Waals surface area contributed by atoms with Crippen LogP contribution in [-0.4, -0.2) is 41.7 Å².